The molecule has 0 saturated carbocycles. The Hall–Kier alpha value is -1.45. The summed E-state index contributed by atoms with van der Waals surface area (Å²) in [4.78, 5) is 10.6. The molecule has 4 heteroatoms. The summed E-state index contributed by atoms with van der Waals surface area (Å²) in [5.74, 6) is -0.0285. The van der Waals surface area contributed by atoms with Crippen LogP contribution in [-0.4, -0.2) is 22.2 Å². The van der Waals surface area contributed by atoms with E-state index in [4.69, 9.17) is 5.11 Å². The van der Waals surface area contributed by atoms with Gasteiger partial charge >= 0.3 is 5.97 Å². The maximum absolute atomic E-state index is 10.6. The molecule has 1 aliphatic rings. The Morgan fingerprint density at radius 3 is 3.33 bits per heavy atom. The van der Waals surface area contributed by atoms with Crippen LogP contribution in [0.15, 0.2) is 18.3 Å². The van der Waals surface area contributed by atoms with Gasteiger partial charge in [-0.05, 0) is 12.1 Å². The first-order valence-corrected chi connectivity index (χ1v) is 3.89. The smallest absolute Gasteiger partial charge is 0.310 e. The van der Waals surface area contributed by atoms with E-state index in [1.165, 1.54) is 0 Å². The number of fused-ring (bicyclic) bond motifs is 1. The summed E-state index contributed by atoms with van der Waals surface area (Å²) in [6.07, 6.45) is 1.89. The molecule has 1 aromatic rings. The number of hydrogen-bond donors (Lipinski definition) is 2. The quantitative estimate of drug-likeness (QED) is 0.642. The van der Waals surface area contributed by atoms with Crippen molar-refractivity contribution in [2.45, 2.75) is 6.54 Å². The van der Waals surface area contributed by atoms with E-state index in [9.17, 15) is 4.79 Å². The fourth-order valence-electron chi connectivity index (χ4n) is 1.43. The van der Waals surface area contributed by atoms with Crippen molar-refractivity contribution in [3.05, 3.63) is 18.3 Å². The predicted octanol–water partition coefficient (Wildman–Crippen LogP) is 0.614. The number of aromatic nitrogens is 1. The van der Waals surface area contributed by atoms with E-state index in [0.717, 1.165) is 5.82 Å². The molecule has 0 saturated heterocycles. The Kier molecular flexibility index (Phi) is 1.53. The number of anilines is 1. The van der Waals surface area contributed by atoms with Gasteiger partial charge in [-0.2, -0.15) is 0 Å². The number of rotatable bonds is 1. The fraction of sp³-hybridized carbons (Fsp3) is 0.375. The van der Waals surface area contributed by atoms with Gasteiger partial charge in [0.25, 0.3) is 0 Å². The molecule has 64 valence electrons. The van der Waals surface area contributed by atoms with Gasteiger partial charge in [0.15, 0.2) is 0 Å². The molecule has 12 heavy (non-hydrogen) atoms. The molecular weight excluding hydrogens is 156 g/mol. The second-order valence-corrected chi connectivity index (χ2v) is 2.96. The lowest BCUT2D eigenvalue weighted by Crippen LogP contribution is -2.32. The summed E-state index contributed by atoms with van der Waals surface area (Å²) >= 11 is 0. The third-order valence-electron chi connectivity index (χ3n) is 2.13. The van der Waals surface area contributed by atoms with Crippen LogP contribution in [-0.2, 0) is 11.3 Å². The largest absolute Gasteiger partial charge is 0.481 e. The summed E-state index contributed by atoms with van der Waals surface area (Å²) in [7, 11) is 0. The van der Waals surface area contributed by atoms with Crippen LogP contribution < -0.4 is 5.32 Å². The molecule has 2 N–H and O–H groups in total. The second-order valence-electron chi connectivity index (χ2n) is 2.96. The highest BCUT2D eigenvalue weighted by Crippen LogP contribution is 2.17. The van der Waals surface area contributed by atoms with Crippen LogP contribution in [0.2, 0.25) is 0 Å². The van der Waals surface area contributed by atoms with Crippen molar-refractivity contribution in [1.29, 1.82) is 0 Å². The Bertz CT molecular complexity index is 306. The Morgan fingerprint density at radius 2 is 2.58 bits per heavy atom. The molecular formula is C8H10N2O2. The predicted molar refractivity (Wildman–Crippen MR) is 44.0 cm³/mol. The summed E-state index contributed by atoms with van der Waals surface area (Å²) in [5.41, 5.74) is 0. The molecule has 0 bridgehead atoms. The molecule has 0 amide bonds. The number of aliphatic carboxylic acids is 1. The van der Waals surface area contributed by atoms with Gasteiger partial charge in [0, 0.05) is 19.3 Å². The van der Waals surface area contributed by atoms with Crippen LogP contribution in [0.3, 0.4) is 0 Å². The Balaban J connectivity index is 2.20. The molecule has 0 aliphatic carbocycles. The molecule has 0 aromatic carbocycles. The SMILES string of the molecule is O=C(O)C1CNc2cccn2C1. The lowest BCUT2D eigenvalue weighted by Gasteiger charge is -2.22. The summed E-state index contributed by atoms with van der Waals surface area (Å²) in [6.45, 7) is 1.10. The summed E-state index contributed by atoms with van der Waals surface area (Å²) in [5, 5.41) is 11.8. The van der Waals surface area contributed by atoms with E-state index in [1.54, 1.807) is 0 Å². The van der Waals surface area contributed by atoms with Crippen molar-refractivity contribution in [2.24, 2.45) is 5.92 Å². The molecule has 0 spiro atoms. The van der Waals surface area contributed by atoms with Gasteiger partial charge in [-0.3, -0.25) is 4.79 Å². The van der Waals surface area contributed by atoms with Gasteiger partial charge in [-0.15, -0.1) is 0 Å². The van der Waals surface area contributed by atoms with Crippen LogP contribution in [0.25, 0.3) is 0 Å². The highest BCUT2D eigenvalue weighted by atomic mass is 16.4. The molecule has 1 aromatic heterocycles. The van der Waals surface area contributed by atoms with Crippen LogP contribution in [0, 0.1) is 5.92 Å². The first-order valence-electron chi connectivity index (χ1n) is 3.89. The first-order chi connectivity index (χ1) is 5.77. The number of nitrogens with one attached hydrogen (secondary N) is 1. The second kappa shape index (κ2) is 2.55. The Morgan fingerprint density at radius 1 is 1.75 bits per heavy atom. The molecule has 0 fully saturated rings. The van der Waals surface area contributed by atoms with Crippen molar-refractivity contribution in [1.82, 2.24) is 4.57 Å². The minimum atomic E-state index is -0.734. The van der Waals surface area contributed by atoms with Crippen LogP contribution in [0.1, 0.15) is 0 Å². The standard InChI is InChI=1S/C8H10N2O2/c11-8(12)6-4-9-7-2-1-3-10(7)5-6/h1-3,6,9H,4-5H2,(H,11,12). The summed E-state index contributed by atoms with van der Waals surface area (Å²) < 4.78 is 1.92. The molecule has 0 radical (unpaired) electrons. The van der Waals surface area contributed by atoms with Gasteiger partial charge in [-0.25, -0.2) is 0 Å². The van der Waals surface area contributed by atoms with Crippen LogP contribution in [0.5, 0.6) is 0 Å². The molecule has 1 aliphatic heterocycles. The maximum Gasteiger partial charge on any atom is 0.310 e. The average molecular weight is 166 g/mol. The maximum atomic E-state index is 10.6. The van der Waals surface area contributed by atoms with E-state index in [0.29, 0.717) is 13.1 Å². The van der Waals surface area contributed by atoms with E-state index >= 15 is 0 Å². The highest BCUT2D eigenvalue weighted by molar-refractivity contribution is 5.71. The number of carboxylic acids is 1. The van der Waals surface area contributed by atoms with Crippen molar-refractivity contribution in [3.63, 3.8) is 0 Å². The minimum absolute atomic E-state index is 0.301. The molecule has 2 heterocycles. The zero-order chi connectivity index (χ0) is 8.55. The van der Waals surface area contributed by atoms with Crippen molar-refractivity contribution in [3.8, 4) is 0 Å². The van der Waals surface area contributed by atoms with Crippen LogP contribution >= 0.6 is 0 Å². The van der Waals surface area contributed by atoms with Crippen molar-refractivity contribution in [2.75, 3.05) is 11.9 Å². The number of carbonyl (C=O) groups is 1. The van der Waals surface area contributed by atoms with Gasteiger partial charge < -0.3 is 15.0 Å². The zero-order valence-electron chi connectivity index (χ0n) is 6.53. The van der Waals surface area contributed by atoms with E-state index < -0.39 is 5.97 Å². The zero-order valence-corrected chi connectivity index (χ0v) is 6.53. The Labute approximate surface area is 69.8 Å². The van der Waals surface area contributed by atoms with Gasteiger partial charge in [-0.1, -0.05) is 0 Å². The van der Waals surface area contributed by atoms with Crippen molar-refractivity contribution >= 4 is 11.8 Å². The number of carboxylic acid groups (broad SMARTS) is 1. The van der Waals surface area contributed by atoms with Crippen LogP contribution in [0.4, 0.5) is 5.82 Å². The third kappa shape index (κ3) is 1.05. The first kappa shape index (κ1) is 7.21. The van der Waals surface area contributed by atoms with E-state index in [2.05, 4.69) is 5.32 Å². The van der Waals surface area contributed by atoms with Crippen molar-refractivity contribution < 1.29 is 9.90 Å². The fourth-order valence-corrected chi connectivity index (χ4v) is 1.43. The lowest BCUT2D eigenvalue weighted by molar-refractivity contribution is -0.141. The topological polar surface area (TPSA) is 54.3 Å². The third-order valence-corrected chi connectivity index (χ3v) is 2.13. The molecule has 2 rings (SSSR count). The number of nitrogens with zero attached hydrogens (tertiary/aromatic N) is 1. The van der Waals surface area contributed by atoms with Gasteiger partial charge in [0.2, 0.25) is 0 Å². The average Bonchev–Trinajstić information content (AvgIpc) is 2.49. The lowest BCUT2D eigenvalue weighted by atomic mass is 10.1. The minimum Gasteiger partial charge on any atom is -0.481 e. The van der Waals surface area contributed by atoms with Gasteiger partial charge in [0.1, 0.15) is 5.82 Å². The summed E-state index contributed by atoms with van der Waals surface area (Å²) in [6, 6.07) is 3.85. The van der Waals surface area contributed by atoms with E-state index in [-0.39, 0.29) is 5.92 Å². The molecule has 1 atom stereocenters. The van der Waals surface area contributed by atoms with E-state index in [1.807, 2.05) is 22.9 Å². The monoisotopic (exact) mass is 166 g/mol. The number of hydrogen-bond acceptors (Lipinski definition) is 2. The van der Waals surface area contributed by atoms with Gasteiger partial charge in [0.05, 0.1) is 5.92 Å². The molecule has 4 nitrogen and oxygen atoms in total. The highest BCUT2D eigenvalue weighted by Gasteiger charge is 2.22. The normalized spacial score (nSPS) is 21.2. The molecule has 1 unspecified atom stereocenters.